The lowest BCUT2D eigenvalue weighted by Crippen LogP contribution is -2.53. The van der Waals surface area contributed by atoms with Crippen LogP contribution in [0.2, 0.25) is 0 Å². The van der Waals surface area contributed by atoms with Gasteiger partial charge in [0.1, 0.15) is 0 Å². The molecule has 0 unspecified atom stereocenters. The molecule has 6 nitrogen and oxygen atoms in total. The van der Waals surface area contributed by atoms with Crippen molar-refractivity contribution in [3.8, 4) is 11.5 Å². The fourth-order valence-electron chi connectivity index (χ4n) is 3.07. The highest BCUT2D eigenvalue weighted by Gasteiger charge is 2.33. The Morgan fingerprint density at radius 3 is 2.65 bits per heavy atom. The molecule has 0 atom stereocenters. The van der Waals surface area contributed by atoms with Gasteiger partial charge in [0.2, 0.25) is 0 Å². The smallest absolute Gasteiger partial charge is 0.317 e. The Balaban J connectivity index is 1.84. The number of carboxylic acids is 1. The van der Waals surface area contributed by atoms with Crippen molar-refractivity contribution in [2.45, 2.75) is 38.4 Å². The van der Waals surface area contributed by atoms with Gasteiger partial charge in [0, 0.05) is 24.2 Å². The van der Waals surface area contributed by atoms with Gasteiger partial charge in [-0.2, -0.15) is 0 Å². The van der Waals surface area contributed by atoms with Gasteiger partial charge >= 0.3 is 5.97 Å². The van der Waals surface area contributed by atoms with Crippen molar-refractivity contribution in [2.24, 2.45) is 0 Å². The fourth-order valence-corrected chi connectivity index (χ4v) is 3.07. The van der Waals surface area contributed by atoms with Gasteiger partial charge in [-0.3, -0.25) is 9.69 Å². The number of hydrogen-bond acceptors (Lipinski definition) is 5. The van der Waals surface area contributed by atoms with Crippen molar-refractivity contribution >= 4 is 5.97 Å². The summed E-state index contributed by atoms with van der Waals surface area (Å²) in [6.07, 6.45) is 1.96. The standard InChI is InChI=1S/C17H26N2O4/c1-4-19(11-16(20)21)14-8-13(9-14)18-10-12-6-5-7-15(22-2)17(12)23-3/h5-7,13-14,18H,4,8-11H2,1-3H3,(H,20,21). The van der Waals surface area contributed by atoms with Crippen molar-refractivity contribution in [2.75, 3.05) is 27.3 Å². The van der Waals surface area contributed by atoms with Crippen LogP contribution in [0.25, 0.3) is 0 Å². The molecule has 6 heteroatoms. The Morgan fingerprint density at radius 2 is 2.09 bits per heavy atom. The second-order valence-corrected chi connectivity index (χ2v) is 5.81. The van der Waals surface area contributed by atoms with Gasteiger partial charge in [-0.25, -0.2) is 0 Å². The molecular formula is C17H26N2O4. The first-order valence-electron chi connectivity index (χ1n) is 7.98. The van der Waals surface area contributed by atoms with E-state index in [1.165, 1.54) is 0 Å². The topological polar surface area (TPSA) is 71.0 Å². The molecule has 1 aliphatic rings. The third-order valence-electron chi connectivity index (χ3n) is 4.44. The number of nitrogens with one attached hydrogen (secondary N) is 1. The maximum absolute atomic E-state index is 10.9. The third kappa shape index (κ3) is 4.36. The quantitative estimate of drug-likeness (QED) is 0.721. The van der Waals surface area contributed by atoms with E-state index in [2.05, 4.69) is 5.32 Å². The number of rotatable bonds is 9. The summed E-state index contributed by atoms with van der Waals surface area (Å²) >= 11 is 0. The highest BCUT2D eigenvalue weighted by Crippen LogP contribution is 2.31. The normalized spacial score (nSPS) is 20.2. The van der Waals surface area contributed by atoms with E-state index < -0.39 is 5.97 Å². The van der Waals surface area contributed by atoms with Crippen LogP contribution >= 0.6 is 0 Å². The molecule has 1 saturated carbocycles. The van der Waals surface area contributed by atoms with E-state index in [-0.39, 0.29) is 6.54 Å². The van der Waals surface area contributed by atoms with E-state index in [4.69, 9.17) is 14.6 Å². The second-order valence-electron chi connectivity index (χ2n) is 5.81. The van der Waals surface area contributed by atoms with Crippen molar-refractivity contribution in [1.29, 1.82) is 0 Å². The summed E-state index contributed by atoms with van der Waals surface area (Å²) in [5.41, 5.74) is 1.06. The molecule has 0 heterocycles. The lowest BCUT2D eigenvalue weighted by Gasteiger charge is -2.42. The van der Waals surface area contributed by atoms with Crippen LogP contribution in [0.5, 0.6) is 11.5 Å². The summed E-state index contributed by atoms with van der Waals surface area (Å²) in [7, 11) is 3.28. The minimum absolute atomic E-state index is 0.123. The number of para-hydroxylation sites is 1. The summed E-state index contributed by atoms with van der Waals surface area (Å²) in [6, 6.07) is 6.63. The maximum atomic E-state index is 10.9. The number of ether oxygens (including phenoxy) is 2. The predicted octanol–water partition coefficient (Wildman–Crippen LogP) is 1.73. The van der Waals surface area contributed by atoms with Gasteiger partial charge in [0.15, 0.2) is 11.5 Å². The van der Waals surface area contributed by atoms with Crippen LogP contribution in [0.3, 0.4) is 0 Å². The molecule has 0 bridgehead atoms. The van der Waals surface area contributed by atoms with Crippen LogP contribution in [0.4, 0.5) is 0 Å². The molecule has 0 saturated heterocycles. The Hall–Kier alpha value is -1.79. The van der Waals surface area contributed by atoms with Crippen LogP contribution < -0.4 is 14.8 Å². The third-order valence-corrected chi connectivity index (χ3v) is 4.44. The van der Waals surface area contributed by atoms with Gasteiger partial charge in [0.05, 0.1) is 20.8 Å². The van der Waals surface area contributed by atoms with Crippen LogP contribution in [-0.2, 0) is 11.3 Å². The molecule has 23 heavy (non-hydrogen) atoms. The summed E-state index contributed by atoms with van der Waals surface area (Å²) in [5.74, 6) is 0.737. The Bertz CT molecular complexity index is 529. The summed E-state index contributed by atoms with van der Waals surface area (Å²) in [4.78, 5) is 12.9. The maximum Gasteiger partial charge on any atom is 0.317 e. The van der Waals surface area contributed by atoms with E-state index in [1.807, 2.05) is 30.0 Å². The van der Waals surface area contributed by atoms with Crippen molar-refractivity contribution in [1.82, 2.24) is 10.2 Å². The molecule has 2 N–H and O–H groups in total. The van der Waals surface area contributed by atoms with Gasteiger partial charge in [-0.05, 0) is 25.5 Å². The molecule has 0 spiro atoms. The molecular weight excluding hydrogens is 296 g/mol. The van der Waals surface area contributed by atoms with Gasteiger partial charge in [-0.1, -0.05) is 19.1 Å². The van der Waals surface area contributed by atoms with Crippen molar-refractivity contribution < 1.29 is 19.4 Å². The molecule has 0 aliphatic heterocycles. The van der Waals surface area contributed by atoms with E-state index >= 15 is 0 Å². The molecule has 1 fully saturated rings. The number of carboxylic acid groups (broad SMARTS) is 1. The minimum Gasteiger partial charge on any atom is -0.493 e. The Morgan fingerprint density at radius 1 is 1.35 bits per heavy atom. The first-order chi connectivity index (χ1) is 11.1. The van der Waals surface area contributed by atoms with E-state index in [0.29, 0.717) is 18.6 Å². The number of methoxy groups -OCH3 is 2. The molecule has 1 aromatic rings. The van der Waals surface area contributed by atoms with Crippen molar-refractivity contribution in [3.05, 3.63) is 23.8 Å². The number of carbonyl (C=O) groups is 1. The fraction of sp³-hybridized carbons (Fsp3) is 0.588. The molecule has 0 amide bonds. The largest absolute Gasteiger partial charge is 0.493 e. The van der Waals surface area contributed by atoms with Crippen molar-refractivity contribution in [3.63, 3.8) is 0 Å². The van der Waals surface area contributed by atoms with E-state index in [0.717, 1.165) is 36.4 Å². The highest BCUT2D eigenvalue weighted by atomic mass is 16.5. The number of aliphatic carboxylic acids is 1. The zero-order chi connectivity index (χ0) is 16.8. The SMILES string of the molecule is CCN(CC(=O)O)C1CC(NCc2cccc(OC)c2OC)C1. The molecule has 0 aromatic heterocycles. The highest BCUT2D eigenvalue weighted by molar-refractivity contribution is 5.69. The van der Waals surface area contributed by atoms with E-state index in [9.17, 15) is 4.79 Å². The van der Waals surface area contributed by atoms with E-state index in [1.54, 1.807) is 14.2 Å². The molecule has 2 rings (SSSR count). The molecule has 1 aliphatic carbocycles. The zero-order valence-electron chi connectivity index (χ0n) is 14.0. The molecule has 0 radical (unpaired) electrons. The zero-order valence-corrected chi connectivity index (χ0v) is 14.0. The van der Waals surface area contributed by atoms with Crippen LogP contribution in [-0.4, -0.2) is 55.4 Å². The first-order valence-corrected chi connectivity index (χ1v) is 7.98. The second kappa shape index (κ2) is 8.17. The van der Waals surface area contributed by atoms with Crippen LogP contribution in [0.1, 0.15) is 25.3 Å². The summed E-state index contributed by atoms with van der Waals surface area (Å²) in [5, 5.41) is 12.4. The average molecular weight is 322 g/mol. The lowest BCUT2D eigenvalue weighted by molar-refractivity contribution is -0.139. The number of hydrogen-bond donors (Lipinski definition) is 2. The van der Waals surface area contributed by atoms with Gasteiger partial charge in [0.25, 0.3) is 0 Å². The number of likely N-dealkylation sites (N-methyl/N-ethyl adjacent to an activating group) is 1. The van der Waals surface area contributed by atoms with Crippen LogP contribution in [0.15, 0.2) is 18.2 Å². The predicted molar refractivity (Wildman–Crippen MR) is 88.1 cm³/mol. The monoisotopic (exact) mass is 322 g/mol. The van der Waals surface area contributed by atoms with Crippen LogP contribution in [0, 0.1) is 0 Å². The summed E-state index contributed by atoms with van der Waals surface area (Å²) < 4.78 is 10.7. The molecule has 128 valence electrons. The molecule has 1 aromatic carbocycles. The first kappa shape index (κ1) is 17.6. The Labute approximate surface area is 137 Å². The number of benzene rings is 1. The number of nitrogens with zero attached hydrogens (tertiary/aromatic N) is 1. The van der Waals surface area contributed by atoms with Gasteiger partial charge < -0.3 is 19.9 Å². The summed E-state index contributed by atoms with van der Waals surface area (Å²) in [6.45, 7) is 3.61. The Kier molecular flexibility index (Phi) is 6.24. The lowest BCUT2D eigenvalue weighted by atomic mass is 9.85. The van der Waals surface area contributed by atoms with Gasteiger partial charge in [-0.15, -0.1) is 0 Å². The average Bonchev–Trinajstić information content (AvgIpc) is 2.51. The minimum atomic E-state index is -0.760.